The van der Waals surface area contributed by atoms with Crippen LogP contribution < -0.4 is 14.5 Å². The van der Waals surface area contributed by atoms with E-state index in [4.69, 9.17) is 0 Å². The van der Waals surface area contributed by atoms with Gasteiger partial charge in [0, 0.05) is 25.2 Å². The summed E-state index contributed by atoms with van der Waals surface area (Å²) >= 11 is 0. The molecule has 1 N–H and O–H groups in total. The minimum atomic E-state index is -3.61. The van der Waals surface area contributed by atoms with E-state index in [1.807, 2.05) is 43.3 Å². The van der Waals surface area contributed by atoms with Crippen molar-refractivity contribution < 1.29 is 18.0 Å². The van der Waals surface area contributed by atoms with Crippen molar-refractivity contribution in [1.29, 1.82) is 0 Å². The second kappa shape index (κ2) is 9.30. The van der Waals surface area contributed by atoms with E-state index in [2.05, 4.69) is 5.32 Å². The maximum absolute atomic E-state index is 12.5. The zero-order chi connectivity index (χ0) is 21.7. The van der Waals surface area contributed by atoms with E-state index in [1.165, 1.54) is 0 Å². The van der Waals surface area contributed by atoms with Crippen LogP contribution in [0.15, 0.2) is 48.5 Å². The lowest BCUT2D eigenvalue weighted by atomic mass is 10.1. The summed E-state index contributed by atoms with van der Waals surface area (Å²) in [6, 6.07) is 14.6. The van der Waals surface area contributed by atoms with Crippen LogP contribution in [0.5, 0.6) is 0 Å². The van der Waals surface area contributed by atoms with E-state index in [-0.39, 0.29) is 19.0 Å². The molecule has 0 spiro atoms. The maximum Gasteiger partial charge on any atom is 0.241 e. The highest BCUT2D eigenvalue weighted by atomic mass is 32.2. The Kier molecular flexibility index (Phi) is 6.77. The minimum absolute atomic E-state index is 0.106. The average molecular weight is 430 g/mol. The van der Waals surface area contributed by atoms with Crippen LogP contribution in [-0.2, 0) is 32.6 Å². The predicted molar refractivity (Wildman–Crippen MR) is 118 cm³/mol. The van der Waals surface area contributed by atoms with Crippen molar-refractivity contribution in [3.05, 3.63) is 59.7 Å². The number of nitrogens with one attached hydrogen (secondary N) is 1. The van der Waals surface area contributed by atoms with E-state index in [0.717, 1.165) is 40.2 Å². The Balaban J connectivity index is 1.65. The molecule has 1 heterocycles. The first kappa shape index (κ1) is 21.8. The number of hydrogen-bond donors (Lipinski definition) is 1. The molecule has 160 valence electrons. The molecule has 8 heteroatoms. The lowest BCUT2D eigenvalue weighted by Gasteiger charge is -2.22. The fourth-order valence-corrected chi connectivity index (χ4v) is 4.30. The summed E-state index contributed by atoms with van der Waals surface area (Å²) in [5, 5.41) is 2.77. The summed E-state index contributed by atoms with van der Waals surface area (Å²) in [5.41, 5.74) is 3.21. The molecule has 1 aliphatic rings. The normalized spacial score (nSPS) is 14.1. The molecule has 2 aromatic carbocycles. The number of hydrogen-bond acceptors (Lipinski definition) is 4. The Morgan fingerprint density at radius 1 is 1.13 bits per heavy atom. The monoisotopic (exact) mass is 429 g/mol. The highest BCUT2D eigenvalue weighted by molar-refractivity contribution is 7.92. The van der Waals surface area contributed by atoms with E-state index in [1.54, 1.807) is 17.0 Å². The van der Waals surface area contributed by atoms with Crippen LogP contribution in [-0.4, -0.2) is 39.6 Å². The highest BCUT2D eigenvalue weighted by Crippen LogP contribution is 2.22. The first-order chi connectivity index (χ1) is 14.3. The molecular formula is C22H27N3O4S. The van der Waals surface area contributed by atoms with Gasteiger partial charge in [0.1, 0.15) is 6.54 Å². The van der Waals surface area contributed by atoms with Gasteiger partial charge >= 0.3 is 0 Å². The number of amides is 2. The molecular weight excluding hydrogens is 402 g/mol. The molecule has 1 aliphatic heterocycles. The number of anilines is 2. The molecule has 1 saturated heterocycles. The first-order valence-corrected chi connectivity index (χ1v) is 11.9. The quantitative estimate of drug-likeness (QED) is 0.698. The number of carbonyl (C=O) groups excluding carboxylic acids is 2. The number of sulfonamides is 1. The molecule has 3 rings (SSSR count). The minimum Gasteiger partial charge on any atom is -0.350 e. The van der Waals surface area contributed by atoms with Gasteiger partial charge in [-0.25, -0.2) is 8.42 Å². The van der Waals surface area contributed by atoms with E-state index in [0.29, 0.717) is 18.7 Å². The molecule has 2 aromatic rings. The molecule has 1 fully saturated rings. The van der Waals surface area contributed by atoms with Gasteiger partial charge in [0.25, 0.3) is 0 Å². The Bertz CT molecular complexity index is 1020. The van der Waals surface area contributed by atoms with E-state index < -0.39 is 15.9 Å². The van der Waals surface area contributed by atoms with Gasteiger partial charge in [-0.2, -0.15) is 0 Å². The number of rotatable bonds is 8. The summed E-state index contributed by atoms with van der Waals surface area (Å²) in [6.45, 7) is 2.68. The summed E-state index contributed by atoms with van der Waals surface area (Å²) in [4.78, 5) is 26.2. The lowest BCUT2D eigenvalue weighted by molar-refractivity contribution is -0.120. The number of benzene rings is 2. The molecule has 0 bridgehead atoms. The van der Waals surface area contributed by atoms with Crippen LogP contribution in [0, 0.1) is 0 Å². The zero-order valence-electron chi connectivity index (χ0n) is 17.3. The van der Waals surface area contributed by atoms with Crippen molar-refractivity contribution in [3.63, 3.8) is 0 Å². The van der Waals surface area contributed by atoms with Crippen LogP contribution in [0.2, 0.25) is 0 Å². The van der Waals surface area contributed by atoms with Gasteiger partial charge in [0.2, 0.25) is 21.8 Å². The van der Waals surface area contributed by atoms with E-state index in [9.17, 15) is 18.0 Å². The molecule has 0 atom stereocenters. The molecule has 2 amide bonds. The Morgan fingerprint density at radius 3 is 2.47 bits per heavy atom. The van der Waals surface area contributed by atoms with Crippen LogP contribution >= 0.6 is 0 Å². The van der Waals surface area contributed by atoms with Crippen molar-refractivity contribution >= 4 is 33.2 Å². The van der Waals surface area contributed by atoms with Gasteiger partial charge in [-0.15, -0.1) is 0 Å². The molecule has 0 radical (unpaired) electrons. The standard InChI is InChI=1S/C22H27N3O4S/c1-3-17-9-11-19(12-10-17)25(30(2,28)29)16-21(26)23-15-18-6-4-7-20(14-18)24-13-5-8-22(24)27/h4,6-7,9-12,14H,3,5,8,13,15-16H2,1-2H3,(H,23,26). The fraction of sp³-hybridized carbons (Fsp3) is 0.364. The zero-order valence-corrected chi connectivity index (χ0v) is 18.1. The number of nitrogens with zero attached hydrogens (tertiary/aromatic N) is 2. The van der Waals surface area contributed by atoms with Gasteiger partial charge in [-0.3, -0.25) is 13.9 Å². The number of aryl methyl sites for hydroxylation is 1. The second-order valence-electron chi connectivity index (χ2n) is 7.39. The third kappa shape index (κ3) is 5.38. The molecule has 0 aromatic heterocycles. The molecule has 0 saturated carbocycles. The Hall–Kier alpha value is -2.87. The topological polar surface area (TPSA) is 86.8 Å². The first-order valence-electron chi connectivity index (χ1n) is 10.0. The second-order valence-corrected chi connectivity index (χ2v) is 9.29. The van der Waals surface area contributed by atoms with Crippen molar-refractivity contribution in [1.82, 2.24) is 5.32 Å². The third-order valence-corrected chi connectivity index (χ3v) is 6.25. The van der Waals surface area contributed by atoms with Crippen LogP contribution in [0.4, 0.5) is 11.4 Å². The van der Waals surface area contributed by atoms with Crippen LogP contribution in [0.25, 0.3) is 0 Å². The van der Waals surface area contributed by atoms with Gasteiger partial charge in [0.05, 0.1) is 11.9 Å². The summed E-state index contributed by atoms with van der Waals surface area (Å²) < 4.78 is 25.6. The summed E-state index contributed by atoms with van der Waals surface area (Å²) in [7, 11) is -3.61. The van der Waals surface area contributed by atoms with Crippen LogP contribution in [0.1, 0.15) is 30.9 Å². The predicted octanol–water partition coefficient (Wildman–Crippen LogP) is 2.46. The maximum atomic E-state index is 12.5. The number of carbonyl (C=O) groups is 2. The molecule has 0 unspecified atom stereocenters. The largest absolute Gasteiger partial charge is 0.350 e. The summed E-state index contributed by atoms with van der Waals surface area (Å²) in [6.07, 6.45) is 3.34. The smallest absolute Gasteiger partial charge is 0.241 e. The Morgan fingerprint density at radius 2 is 1.87 bits per heavy atom. The molecule has 0 aliphatic carbocycles. The van der Waals surface area contributed by atoms with Crippen molar-refractivity contribution in [3.8, 4) is 0 Å². The average Bonchev–Trinajstić information content (AvgIpc) is 3.16. The van der Waals surface area contributed by atoms with Gasteiger partial charge in [-0.05, 0) is 48.2 Å². The molecule has 30 heavy (non-hydrogen) atoms. The van der Waals surface area contributed by atoms with Gasteiger partial charge in [-0.1, -0.05) is 31.2 Å². The van der Waals surface area contributed by atoms with Crippen LogP contribution in [0.3, 0.4) is 0 Å². The Labute approximate surface area is 177 Å². The fourth-order valence-electron chi connectivity index (χ4n) is 3.44. The van der Waals surface area contributed by atoms with Crippen molar-refractivity contribution in [2.45, 2.75) is 32.7 Å². The van der Waals surface area contributed by atoms with Gasteiger partial charge in [0.15, 0.2) is 0 Å². The highest BCUT2D eigenvalue weighted by Gasteiger charge is 2.22. The van der Waals surface area contributed by atoms with Crippen molar-refractivity contribution in [2.75, 3.05) is 28.6 Å². The SMILES string of the molecule is CCc1ccc(N(CC(=O)NCc2cccc(N3CCCC3=O)c2)S(C)(=O)=O)cc1. The summed E-state index contributed by atoms with van der Waals surface area (Å²) in [5.74, 6) is -0.295. The van der Waals surface area contributed by atoms with Gasteiger partial charge < -0.3 is 10.2 Å². The van der Waals surface area contributed by atoms with Crippen molar-refractivity contribution in [2.24, 2.45) is 0 Å². The molecule has 7 nitrogen and oxygen atoms in total. The third-order valence-electron chi connectivity index (χ3n) is 5.11. The lowest BCUT2D eigenvalue weighted by Crippen LogP contribution is -2.40. The van der Waals surface area contributed by atoms with E-state index >= 15 is 0 Å².